The second-order valence-corrected chi connectivity index (χ2v) is 6.73. The predicted molar refractivity (Wildman–Crippen MR) is 100 cm³/mol. The van der Waals surface area contributed by atoms with Crippen molar-refractivity contribution in [1.82, 2.24) is 20.4 Å². The van der Waals surface area contributed by atoms with Crippen molar-refractivity contribution in [1.29, 1.82) is 0 Å². The van der Waals surface area contributed by atoms with Gasteiger partial charge >= 0.3 is 6.03 Å². The molecule has 2 rings (SSSR count). The van der Waals surface area contributed by atoms with Gasteiger partial charge in [0, 0.05) is 45.8 Å². The Balaban J connectivity index is 1.81. The minimum Gasteiger partial charge on any atom is -0.393 e. The fourth-order valence-electron chi connectivity index (χ4n) is 3.02. The Bertz CT molecular complexity index is 528. The van der Waals surface area contributed by atoms with Crippen molar-refractivity contribution in [3.63, 3.8) is 0 Å². The average molecular weight is 348 g/mol. The van der Waals surface area contributed by atoms with Crippen molar-refractivity contribution in [3.05, 3.63) is 35.4 Å². The van der Waals surface area contributed by atoms with Crippen molar-refractivity contribution in [3.8, 4) is 0 Å². The number of amides is 2. The number of aliphatic hydroxyl groups is 1. The molecule has 25 heavy (non-hydrogen) atoms. The largest absolute Gasteiger partial charge is 0.393 e. The van der Waals surface area contributed by atoms with Crippen LogP contribution < -0.4 is 10.6 Å². The first-order valence-corrected chi connectivity index (χ1v) is 9.29. The molecular weight excluding hydrogens is 316 g/mol. The summed E-state index contributed by atoms with van der Waals surface area (Å²) in [5, 5.41) is 14.9. The van der Waals surface area contributed by atoms with E-state index >= 15 is 0 Å². The van der Waals surface area contributed by atoms with Crippen LogP contribution in [-0.4, -0.2) is 66.3 Å². The second kappa shape index (κ2) is 10.4. The van der Waals surface area contributed by atoms with E-state index in [-0.39, 0.29) is 6.03 Å². The fraction of sp³-hybridized carbons (Fsp3) is 0.632. The van der Waals surface area contributed by atoms with Gasteiger partial charge in [0.25, 0.3) is 0 Å². The van der Waals surface area contributed by atoms with Crippen molar-refractivity contribution in [2.45, 2.75) is 39.5 Å². The van der Waals surface area contributed by atoms with E-state index in [1.54, 1.807) is 6.92 Å². The van der Waals surface area contributed by atoms with E-state index in [9.17, 15) is 9.90 Å². The van der Waals surface area contributed by atoms with Gasteiger partial charge in [-0.1, -0.05) is 31.2 Å². The SMILES string of the molecule is CCN1CCN(Cc2ccccc2CNC(=O)NCCC(C)O)CC1. The number of benzene rings is 1. The Morgan fingerprint density at radius 1 is 1.12 bits per heavy atom. The van der Waals surface area contributed by atoms with Crippen molar-refractivity contribution in [2.24, 2.45) is 0 Å². The molecule has 1 aromatic rings. The summed E-state index contributed by atoms with van der Waals surface area (Å²) in [4.78, 5) is 16.8. The topological polar surface area (TPSA) is 67.8 Å². The molecule has 140 valence electrons. The number of rotatable bonds is 8. The predicted octanol–water partition coefficient (Wildman–Crippen LogP) is 1.39. The number of likely N-dealkylation sites (N-methyl/N-ethyl adjacent to an activating group) is 1. The molecule has 1 aliphatic rings. The Morgan fingerprint density at radius 3 is 2.40 bits per heavy atom. The maximum atomic E-state index is 11.8. The molecule has 1 saturated heterocycles. The first-order valence-electron chi connectivity index (χ1n) is 9.29. The maximum Gasteiger partial charge on any atom is 0.315 e. The van der Waals surface area contributed by atoms with Gasteiger partial charge in [-0.2, -0.15) is 0 Å². The van der Waals surface area contributed by atoms with E-state index in [0.717, 1.165) is 44.8 Å². The molecule has 0 bridgehead atoms. The van der Waals surface area contributed by atoms with E-state index in [1.807, 2.05) is 6.07 Å². The lowest BCUT2D eigenvalue weighted by Crippen LogP contribution is -2.45. The van der Waals surface area contributed by atoms with Gasteiger partial charge in [0.2, 0.25) is 0 Å². The molecule has 1 aromatic carbocycles. The third-order valence-electron chi connectivity index (χ3n) is 4.71. The van der Waals surface area contributed by atoms with Crippen LogP contribution in [0.2, 0.25) is 0 Å². The number of piperazine rings is 1. The van der Waals surface area contributed by atoms with Gasteiger partial charge in [-0.15, -0.1) is 0 Å². The van der Waals surface area contributed by atoms with Gasteiger partial charge in [-0.3, -0.25) is 4.90 Å². The minimum absolute atomic E-state index is 0.188. The zero-order valence-electron chi connectivity index (χ0n) is 15.5. The lowest BCUT2D eigenvalue weighted by molar-refractivity contribution is 0.131. The Kier molecular flexibility index (Phi) is 8.18. The third kappa shape index (κ3) is 7.02. The summed E-state index contributed by atoms with van der Waals surface area (Å²) in [5.41, 5.74) is 2.43. The quantitative estimate of drug-likeness (QED) is 0.664. The van der Waals surface area contributed by atoms with E-state index in [4.69, 9.17) is 0 Å². The fourth-order valence-corrected chi connectivity index (χ4v) is 3.02. The summed E-state index contributed by atoms with van der Waals surface area (Å²) in [5.74, 6) is 0. The number of urea groups is 1. The number of carbonyl (C=O) groups is 1. The number of hydrogen-bond donors (Lipinski definition) is 3. The normalized spacial score (nSPS) is 17.2. The van der Waals surface area contributed by atoms with Crippen LogP contribution in [-0.2, 0) is 13.1 Å². The van der Waals surface area contributed by atoms with Gasteiger partial charge in [0.15, 0.2) is 0 Å². The molecule has 0 spiro atoms. The monoisotopic (exact) mass is 348 g/mol. The van der Waals surface area contributed by atoms with Gasteiger partial charge in [0.05, 0.1) is 6.10 Å². The molecule has 3 N–H and O–H groups in total. The molecule has 6 nitrogen and oxygen atoms in total. The van der Waals surface area contributed by atoms with Crippen LogP contribution in [0.15, 0.2) is 24.3 Å². The highest BCUT2D eigenvalue weighted by Crippen LogP contribution is 2.13. The minimum atomic E-state index is -0.394. The number of hydrogen-bond acceptors (Lipinski definition) is 4. The van der Waals surface area contributed by atoms with Crippen molar-refractivity contribution >= 4 is 6.03 Å². The average Bonchev–Trinajstić information content (AvgIpc) is 2.61. The molecule has 1 aliphatic heterocycles. The number of nitrogens with zero attached hydrogens (tertiary/aromatic N) is 2. The highest BCUT2D eigenvalue weighted by molar-refractivity contribution is 5.73. The molecule has 0 aromatic heterocycles. The first kappa shape index (κ1) is 19.7. The lowest BCUT2D eigenvalue weighted by Gasteiger charge is -2.34. The summed E-state index contributed by atoms with van der Waals surface area (Å²) in [6.07, 6.45) is 0.169. The summed E-state index contributed by atoms with van der Waals surface area (Å²) < 4.78 is 0. The zero-order chi connectivity index (χ0) is 18.1. The number of nitrogens with one attached hydrogen (secondary N) is 2. The Labute approximate surface area is 151 Å². The van der Waals surface area contributed by atoms with Crippen LogP contribution >= 0.6 is 0 Å². The molecule has 2 amide bonds. The van der Waals surface area contributed by atoms with Crippen LogP contribution in [0.1, 0.15) is 31.4 Å². The van der Waals surface area contributed by atoms with Crippen LogP contribution in [0.25, 0.3) is 0 Å². The molecule has 1 fully saturated rings. The van der Waals surface area contributed by atoms with Gasteiger partial charge in [0.1, 0.15) is 0 Å². The molecule has 0 aliphatic carbocycles. The summed E-state index contributed by atoms with van der Waals surface area (Å²) in [6.45, 7) is 11.4. The molecule has 6 heteroatoms. The summed E-state index contributed by atoms with van der Waals surface area (Å²) in [6, 6.07) is 8.11. The second-order valence-electron chi connectivity index (χ2n) is 6.73. The summed E-state index contributed by atoms with van der Waals surface area (Å²) >= 11 is 0. The molecule has 0 saturated carbocycles. The Hall–Kier alpha value is -1.63. The van der Waals surface area contributed by atoms with E-state index in [1.165, 1.54) is 5.56 Å². The van der Waals surface area contributed by atoms with E-state index < -0.39 is 6.10 Å². The first-order chi connectivity index (χ1) is 12.1. The highest BCUT2D eigenvalue weighted by atomic mass is 16.3. The van der Waals surface area contributed by atoms with Crippen LogP contribution in [0.4, 0.5) is 4.79 Å². The van der Waals surface area contributed by atoms with E-state index in [2.05, 4.69) is 45.6 Å². The van der Waals surface area contributed by atoms with Crippen molar-refractivity contribution in [2.75, 3.05) is 39.3 Å². The van der Waals surface area contributed by atoms with Crippen LogP contribution in [0.3, 0.4) is 0 Å². The van der Waals surface area contributed by atoms with Gasteiger partial charge < -0.3 is 20.6 Å². The maximum absolute atomic E-state index is 11.8. The van der Waals surface area contributed by atoms with Gasteiger partial charge in [-0.25, -0.2) is 4.79 Å². The molecular formula is C19H32N4O2. The lowest BCUT2D eigenvalue weighted by atomic mass is 10.1. The van der Waals surface area contributed by atoms with Crippen LogP contribution in [0.5, 0.6) is 0 Å². The van der Waals surface area contributed by atoms with Gasteiger partial charge in [-0.05, 0) is 31.0 Å². The van der Waals surface area contributed by atoms with E-state index in [0.29, 0.717) is 19.5 Å². The third-order valence-corrected chi connectivity index (χ3v) is 4.71. The number of carbonyl (C=O) groups excluding carboxylic acids is 1. The number of aliphatic hydroxyl groups excluding tert-OH is 1. The highest BCUT2D eigenvalue weighted by Gasteiger charge is 2.16. The molecule has 0 radical (unpaired) electrons. The standard InChI is InChI=1S/C19H32N4O2/c1-3-22-10-12-23(13-11-22)15-18-7-5-4-6-17(18)14-21-19(25)20-9-8-16(2)24/h4-7,16,24H,3,8-15H2,1-2H3,(H2,20,21,25). The molecule has 1 atom stereocenters. The van der Waals surface area contributed by atoms with Crippen LogP contribution in [0, 0.1) is 0 Å². The van der Waals surface area contributed by atoms with Crippen molar-refractivity contribution < 1.29 is 9.90 Å². The Morgan fingerprint density at radius 2 is 1.76 bits per heavy atom. The molecule has 1 unspecified atom stereocenters. The smallest absolute Gasteiger partial charge is 0.315 e. The zero-order valence-corrected chi connectivity index (χ0v) is 15.5. The summed E-state index contributed by atoms with van der Waals surface area (Å²) in [7, 11) is 0. The molecule has 1 heterocycles.